The highest BCUT2D eigenvalue weighted by Crippen LogP contribution is 2.37. The van der Waals surface area contributed by atoms with Gasteiger partial charge in [-0.1, -0.05) is 12.1 Å². The maximum Gasteiger partial charge on any atom is 0.407 e. The number of hydrogen-bond donors (Lipinski definition) is 1. The topological polar surface area (TPSA) is 68.2 Å². The highest BCUT2D eigenvalue weighted by atomic mass is 19.1. The van der Waals surface area contributed by atoms with Crippen LogP contribution in [0.5, 0.6) is 17.2 Å². The lowest BCUT2D eigenvalue weighted by atomic mass is 9.81. The van der Waals surface area contributed by atoms with E-state index in [1.54, 1.807) is 30.3 Å². The molecule has 0 spiro atoms. The Balaban J connectivity index is 1.49. The van der Waals surface area contributed by atoms with Crippen LogP contribution in [0.1, 0.15) is 20.6 Å². The smallest absolute Gasteiger partial charge is 0.407 e. The van der Waals surface area contributed by atoms with Gasteiger partial charge in [0.2, 0.25) is 6.75 Å². The number of hydrogen-bond acceptors (Lipinski definition) is 4. The van der Waals surface area contributed by atoms with Crippen LogP contribution < -0.4 is 14.2 Å². The number of amides is 1. The summed E-state index contributed by atoms with van der Waals surface area (Å²) < 4.78 is 44.3. The molecule has 2 aromatic carbocycles. The quantitative estimate of drug-likeness (QED) is 0.882. The molecule has 4 rings (SSSR count). The zero-order chi connectivity index (χ0) is 20.6. The lowest BCUT2D eigenvalue weighted by molar-refractivity contribution is 0.0938. The molecule has 7 heteroatoms. The molecule has 0 aromatic heterocycles. The zero-order valence-electron chi connectivity index (χ0n) is 16.4. The normalized spacial score (nSPS) is 24.1. The molecule has 1 N–H and O–H groups in total. The molecule has 142 valence electrons. The lowest BCUT2D eigenvalue weighted by Gasteiger charge is -2.37. The van der Waals surface area contributed by atoms with Crippen molar-refractivity contribution in [3.8, 4) is 17.2 Å². The third kappa shape index (κ3) is 3.77. The molecule has 2 atom stereocenters. The number of carbonyl (C=O) groups is 1. The molecule has 6 nitrogen and oxygen atoms in total. The van der Waals surface area contributed by atoms with Gasteiger partial charge in [0, 0.05) is 25.1 Å². The molecule has 2 aromatic rings. The van der Waals surface area contributed by atoms with Gasteiger partial charge in [-0.3, -0.25) is 0 Å². The molecule has 2 unspecified atom stereocenters. The first-order chi connectivity index (χ1) is 13.8. The Morgan fingerprint density at radius 3 is 2.81 bits per heavy atom. The van der Waals surface area contributed by atoms with E-state index in [1.807, 2.05) is 0 Å². The molecular weight excluding hydrogens is 353 g/mol. The summed E-state index contributed by atoms with van der Waals surface area (Å²) in [6, 6.07) is 11.0. The molecule has 2 heterocycles. The third-order valence-corrected chi connectivity index (χ3v) is 4.99. The van der Waals surface area contributed by atoms with Crippen LogP contribution in [0, 0.1) is 11.7 Å². The predicted octanol–water partition coefficient (Wildman–Crippen LogP) is 3.72. The fourth-order valence-corrected chi connectivity index (χ4v) is 3.58. The summed E-state index contributed by atoms with van der Waals surface area (Å²) in [5.74, 6) is 0.608. The summed E-state index contributed by atoms with van der Waals surface area (Å²) in [6.07, 6.45) is -0.356. The number of rotatable bonds is 4. The Labute approximate surface area is 158 Å². The van der Waals surface area contributed by atoms with Gasteiger partial charge in [0.15, 0.2) is 11.5 Å². The summed E-state index contributed by atoms with van der Waals surface area (Å²) in [6.45, 7) is -1.24. The van der Waals surface area contributed by atoms with Gasteiger partial charge in [-0.05, 0) is 42.2 Å². The van der Waals surface area contributed by atoms with Gasteiger partial charge in [0.1, 0.15) is 14.3 Å². The second-order valence-corrected chi connectivity index (χ2v) is 6.64. The first-order valence-electron chi connectivity index (χ1n) is 9.69. The van der Waals surface area contributed by atoms with Gasteiger partial charge < -0.3 is 24.2 Å². The Bertz CT molecular complexity index is 908. The van der Waals surface area contributed by atoms with Gasteiger partial charge in [-0.25, -0.2) is 9.18 Å². The average Bonchev–Trinajstić information content (AvgIpc) is 2.99. The molecular formula is C20H20FNO5. The molecule has 0 saturated carbocycles. The fraction of sp³-hybridized carbons (Fsp3) is 0.350. The first kappa shape index (κ1) is 15.1. The summed E-state index contributed by atoms with van der Waals surface area (Å²) in [5, 5.41) is 9.36. The van der Waals surface area contributed by atoms with Gasteiger partial charge >= 0.3 is 6.09 Å². The van der Waals surface area contributed by atoms with Crippen molar-refractivity contribution in [3.63, 3.8) is 0 Å². The number of carboxylic acid groups (broad SMARTS) is 1. The van der Waals surface area contributed by atoms with Gasteiger partial charge in [-0.2, -0.15) is 0 Å². The van der Waals surface area contributed by atoms with Crippen LogP contribution in [-0.4, -0.2) is 42.5 Å². The van der Waals surface area contributed by atoms with Crippen molar-refractivity contribution in [2.75, 3.05) is 26.4 Å². The Morgan fingerprint density at radius 1 is 1.26 bits per heavy atom. The summed E-state index contributed by atoms with van der Waals surface area (Å²) >= 11 is 0. The van der Waals surface area contributed by atoms with E-state index < -0.39 is 12.8 Å². The van der Waals surface area contributed by atoms with E-state index in [0.29, 0.717) is 31.0 Å². The van der Waals surface area contributed by atoms with Crippen LogP contribution in [-0.2, 0) is 0 Å². The summed E-state index contributed by atoms with van der Waals surface area (Å²) in [5.41, 5.74) is 0.948. The van der Waals surface area contributed by atoms with Crippen molar-refractivity contribution in [1.82, 2.24) is 4.90 Å². The van der Waals surface area contributed by atoms with Crippen molar-refractivity contribution in [3.05, 3.63) is 53.8 Å². The highest BCUT2D eigenvalue weighted by molar-refractivity contribution is 5.65. The van der Waals surface area contributed by atoms with Crippen LogP contribution in [0.2, 0.25) is 0 Å². The second kappa shape index (κ2) is 7.34. The van der Waals surface area contributed by atoms with E-state index in [-0.39, 0.29) is 30.0 Å². The van der Waals surface area contributed by atoms with E-state index in [2.05, 4.69) is 0 Å². The van der Waals surface area contributed by atoms with Crippen LogP contribution in [0.4, 0.5) is 9.18 Å². The second-order valence-electron chi connectivity index (χ2n) is 6.64. The maximum absolute atomic E-state index is 13.3. The van der Waals surface area contributed by atoms with E-state index >= 15 is 0 Å². The van der Waals surface area contributed by atoms with E-state index in [1.165, 1.54) is 17.0 Å². The van der Waals surface area contributed by atoms with Crippen LogP contribution in [0.25, 0.3) is 0 Å². The molecule has 1 fully saturated rings. The third-order valence-electron chi connectivity index (χ3n) is 4.99. The molecule has 0 radical (unpaired) electrons. The number of piperidine rings is 1. The number of nitrogens with zero attached hydrogens (tertiary/aromatic N) is 1. The van der Waals surface area contributed by atoms with E-state index in [4.69, 9.17) is 17.0 Å². The lowest BCUT2D eigenvalue weighted by Crippen LogP contribution is -2.44. The summed E-state index contributed by atoms with van der Waals surface area (Å²) in [7, 11) is 0. The largest absolute Gasteiger partial charge is 0.493 e. The van der Waals surface area contributed by atoms with Gasteiger partial charge in [0.05, 0.1) is 6.61 Å². The van der Waals surface area contributed by atoms with Crippen LogP contribution in [0.3, 0.4) is 0 Å². The van der Waals surface area contributed by atoms with Gasteiger partial charge in [0.25, 0.3) is 0 Å². The average molecular weight is 375 g/mol. The zero-order valence-corrected chi connectivity index (χ0v) is 14.4. The maximum atomic E-state index is 13.3. The number of ether oxygens (including phenoxy) is 3. The number of fused-ring (bicyclic) bond motifs is 1. The van der Waals surface area contributed by atoms with Crippen molar-refractivity contribution in [1.29, 1.82) is 0 Å². The standard InChI is InChI=1S/C20H20FNO5/c21-15-3-1-13(2-4-15)17-7-8-22(20(23)24)10-14(17)11-25-16-5-6-18-19(9-16)27-12-26-18/h1-6,9,14,17H,7-8,10-12H2,(H,23,24)/i12D2. The molecule has 0 aliphatic carbocycles. The number of halogens is 1. The molecule has 2 aliphatic heterocycles. The molecule has 1 amide bonds. The minimum Gasteiger partial charge on any atom is -0.493 e. The minimum atomic E-state index is -2.21. The van der Waals surface area contributed by atoms with E-state index in [9.17, 15) is 14.3 Å². The first-order valence-corrected chi connectivity index (χ1v) is 8.69. The Hall–Kier alpha value is -2.96. The van der Waals surface area contributed by atoms with Crippen molar-refractivity contribution < 1.29 is 31.2 Å². The van der Waals surface area contributed by atoms with Gasteiger partial charge in [-0.15, -0.1) is 0 Å². The van der Waals surface area contributed by atoms with Crippen molar-refractivity contribution in [2.45, 2.75) is 12.3 Å². The van der Waals surface area contributed by atoms with Crippen molar-refractivity contribution >= 4 is 6.09 Å². The SMILES string of the molecule is [2H]C1([2H])Oc2ccc(OCC3CN(C(=O)O)CCC3c3ccc(F)cc3)cc2O1. The number of benzene rings is 2. The predicted molar refractivity (Wildman–Crippen MR) is 94.9 cm³/mol. The Kier molecular flexibility index (Phi) is 4.12. The number of likely N-dealkylation sites (tertiary alicyclic amines) is 1. The molecule has 27 heavy (non-hydrogen) atoms. The monoisotopic (exact) mass is 375 g/mol. The molecule has 2 aliphatic rings. The van der Waals surface area contributed by atoms with Crippen LogP contribution in [0.15, 0.2) is 42.5 Å². The molecule has 1 saturated heterocycles. The minimum absolute atomic E-state index is 0.0364. The highest BCUT2D eigenvalue weighted by Gasteiger charge is 2.33. The van der Waals surface area contributed by atoms with Crippen LogP contribution >= 0.6 is 0 Å². The summed E-state index contributed by atoms with van der Waals surface area (Å²) in [4.78, 5) is 12.8. The Morgan fingerprint density at radius 2 is 2.04 bits per heavy atom. The van der Waals surface area contributed by atoms with Crippen molar-refractivity contribution in [2.24, 2.45) is 5.92 Å². The fourth-order valence-electron chi connectivity index (χ4n) is 3.58. The molecule has 0 bridgehead atoms. The van der Waals surface area contributed by atoms with E-state index in [0.717, 1.165) is 5.56 Å².